The van der Waals surface area contributed by atoms with Gasteiger partial charge in [0.05, 0.1) is 29.4 Å². The van der Waals surface area contributed by atoms with Crippen molar-refractivity contribution in [2.24, 2.45) is 11.1 Å². The van der Waals surface area contributed by atoms with E-state index in [2.05, 4.69) is 10.6 Å². The Morgan fingerprint density at radius 3 is 1.95 bits per heavy atom. The van der Waals surface area contributed by atoms with Gasteiger partial charge >= 0.3 is 12.4 Å². The van der Waals surface area contributed by atoms with Crippen molar-refractivity contribution in [2.45, 2.75) is 70.1 Å². The van der Waals surface area contributed by atoms with Crippen LogP contribution in [0.15, 0.2) is 48.5 Å². The van der Waals surface area contributed by atoms with E-state index >= 15 is 0 Å². The van der Waals surface area contributed by atoms with Crippen LogP contribution in [0.25, 0.3) is 0 Å². The zero-order chi connectivity index (χ0) is 30.1. The van der Waals surface area contributed by atoms with Gasteiger partial charge in [0.1, 0.15) is 5.54 Å². The van der Waals surface area contributed by atoms with Gasteiger partial charge in [0.2, 0.25) is 11.8 Å². The fraction of sp³-hybridized carbons (Fsp3) is 0.500. The predicted molar refractivity (Wildman–Crippen MR) is 136 cm³/mol. The molecule has 0 saturated carbocycles. The van der Waals surface area contributed by atoms with Crippen LogP contribution in [0.4, 0.5) is 26.3 Å². The highest BCUT2D eigenvalue weighted by molar-refractivity contribution is 5.92. The van der Waals surface area contributed by atoms with Crippen LogP contribution in [-0.4, -0.2) is 30.5 Å². The largest absolute Gasteiger partial charge is 0.416 e. The maximum Gasteiger partial charge on any atom is 0.416 e. The topological polar surface area (TPSA) is 93.4 Å². The molecule has 1 fully saturated rings. The molecule has 40 heavy (non-hydrogen) atoms. The lowest BCUT2D eigenvalue weighted by molar-refractivity contribution is -0.143. The van der Waals surface area contributed by atoms with Gasteiger partial charge in [0.25, 0.3) is 0 Å². The van der Waals surface area contributed by atoms with Crippen LogP contribution in [0.3, 0.4) is 0 Å². The normalized spacial score (nSPS) is 22.9. The quantitative estimate of drug-likeness (QED) is 0.383. The minimum Gasteiger partial charge on any atom is -0.372 e. The molecular weight excluding hydrogens is 540 g/mol. The summed E-state index contributed by atoms with van der Waals surface area (Å²) in [6.07, 6.45) is -10.8. The van der Waals surface area contributed by atoms with E-state index < -0.39 is 52.0 Å². The number of rotatable bonds is 7. The van der Waals surface area contributed by atoms with Crippen molar-refractivity contribution in [3.8, 4) is 0 Å². The minimum absolute atomic E-state index is 0.0691. The van der Waals surface area contributed by atoms with Crippen LogP contribution >= 0.6 is 0 Å². The van der Waals surface area contributed by atoms with Gasteiger partial charge in [-0.25, -0.2) is 0 Å². The summed E-state index contributed by atoms with van der Waals surface area (Å²) in [5.41, 5.74) is 0.110. The molecule has 6 nitrogen and oxygen atoms in total. The average Bonchev–Trinajstić information content (AvgIpc) is 2.86. The van der Waals surface area contributed by atoms with Gasteiger partial charge in [-0.3, -0.25) is 9.59 Å². The van der Waals surface area contributed by atoms with Gasteiger partial charge in [-0.05, 0) is 49.1 Å². The lowest BCUT2D eigenvalue weighted by Gasteiger charge is -2.47. The molecule has 1 saturated heterocycles. The molecule has 1 heterocycles. The van der Waals surface area contributed by atoms with Crippen molar-refractivity contribution in [3.05, 3.63) is 70.8 Å². The highest BCUT2D eigenvalue weighted by atomic mass is 19.4. The Morgan fingerprint density at radius 2 is 1.52 bits per heavy atom. The van der Waals surface area contributed by atoms with Crippen molar-refractivity contribution >= 4 is 11.8 Å². The number of nitrogens with two attached hydrogens (primary N) is 1. The van der Waals surface area contributed by atoms with E-state index in [1.54, 1.807) is 51.1 Å². The summed E-state index contributed by atoms with van der Waals surface area (Å²) in [7, 11) is 0. The number of hydrogen-bond acceptors (Lipinski definition) is 4. The number of carbonyl (C=O) groups excluding carboxylic acids is 2. The molecule has 3 rings (SSSR count). The fourth-order valence-electron chi connectivity index (χ4n) is 4.49. The van der Waals surface area contributed by atoms with E-state index in [0.29, 0.717) is 12.1 Å². The van der Waals surface area contributed by atoms with Gasteiger partial charge in [-0.1, -0.05) is 51.1 Å². The van der Waals surface area contributed by atoms with Crippen LogP contribution in [0.5, 0.6) is 0 Å². The number of piperidine rings is 1. The van der Waals surface area contributed by atoms with Gasteiger partial charge in [-0.15, -0.1) is 0 Å². The molecule has 12 heteroatoms. The summed E-state index contributed by atoms with van der Waals surface area (Å²) < 4.78 is 86.2. The molecule has 1 aliphatic rings. The Morgan fingerprint density at radius 1 is 0.975 bits per heavy atom. The van der Waals surface area contributed by atoms with Gasteiger partial charge in [0.15, 0.2) is 0 Å². The van der Waals surface area contributed by atoms with Gasteiger partial charge in [-0.2, -0.15) is 26.3 Å². The smallest absolute Gasteiger partial charge is 0.372 e. The molecular formula is C28H33F6N3O3. The maximum absolute atomic E-state index is 13.4. The van der Waals surface area contributed by atoms with E-state index in [1.165, 1.54) is 6.92 Å². The summed E-state index contributed by atoms with van der Waals surface area (Å²) in [6.45, 7) is 6.21. The Hall–Kier alpha value is -3.12. The van der Waals surface area contributed by atoms with E-state index in [9.17, 15) is 35.9 Å². The van der Waals surface area contributed by atoms with Crippen molar-refractivity contribution in [1.82, 2.24) is 10.6 Å². The van der Waals surface area contributed by atoms with Crippen LogP contribution in [0.2, 0.25) is 0 Å². The standard InChI is InChI=1S/C28H33F6N3O3/c1-17(18-12-20(27(29,30)31)14-21(13-18)28(32,33)34)40-16-26(19-8-6-5-7-9-19)11-10-25(15-36-26,22(35)38)37-23(39)24(2,3)4/h5-9,12-14,17,36H,10-11,15-16H2,1-4H3,(H2,35,38)(H,37,39)/t17-,25+,26-/m1/s1. The fourth-order valence-corrected chi connectivity index (χ4v) is 4.49. The Labute approximate surface area is 228 Å². The summed E-state index contributed by atoms with van der Waals surface area (Å²) in [5, 5.41) is 6.02. The Bertz CT molecular complexity index is 1180. The zero-order valence-corrected chi connectivity index (χ0v) is 22.6. The monoisotopic (exact) mass is 573 g/mol. The van der Waals surface area contributed by atoms with E-state index in [4.69, 9.17) is 10.5 Å². The molecule has 4 N–H and O–H groups in total. The van der Waals surface area contributed by atoms with Crippen molar-refractivity contribution in [3.63, 3.8) is 0 Å². The molecule has 0 aliphatic carbocycles. The number of benzene rings is 2. The zero-order valence-electron chi connectivity index (χ0n) is 22.6. The minimum atomic E-state index is -4.98. The highest BCUT2D eigenvalue weighted by Gasteiger charge is 2.49. The summed E-state index contributed by atoms with van der Waals surface area (Å²) >= 11 is 0. The lowest BCUT2D eigenvalue weighted by Crippen LogP contribution is -2.70. The van der Waals surface area contributed by atoms with E-state index in [0.717, 1.165) is 5.56 Å². The molecule has 2 amide bonds. The average molecular weight is 574 g/mol. The molecule has 0 spiro atoms. The SMILES string of the molecule is C[C@@H](OC[C@@]1(c2ccccc2)CC[C@@](NC(=O)C(C)(C)C)(C(N)=O)CN1)c1cc(C(F)(F)F)cc(C(F)(F)F)c1. The molecule has 1 aliphatic heterocycles. The van der Waals surface area contributed by atoms with E-state index in [1.807, 2.05) is 0 Å². The lowest BCUT2D eigenvalue weighted by atomic mass is 9.75. The molecule has 2 aromatic rings. The Kier molecular flexibility index (Phi) is 8.67. The second-order valence-electron chi connectivity index (χ2n) is 11.2. The van der Waals surface area contributed by atoms with Gasteiger partial charge in [0, 0.05) is 12.0 Å². The van der Waals surface area contributed by atoms with Crippen molar-refractivity contribution in [2.75, 3.05) is 13.2 Å². The van der Waals surface area contributed by atoms with Crippen LogP contribution in [-0.2, 0) is 32.2 Å². The van der Waals surface area contributed by atoms with Crippen LogP contribution in [0, 0.1) is 5.41 Å². The first-order valence-corrected chi connectivity index (χ1v) is 12.6. The molecule has 2 aromatic carbocycles. The molecule has 220 valence electrons. The number of nitrogens with one attached hydrogen (secondary N) is 2. The summed E-state index contributed by atoms with van der Waals surface area (Å²) in [5.74, 6) is -1.12. The first kappa shape index (κ1) is 31.4. The van der Waals surface area contributed by atoms with Crippen molar-refractivity contribution < 1.29 is 40.7 Å². The number of ether oxygens (including phenoxy) is 1. The highest BCUT2D eigenvalue weighted by Crippen LogP contribution is 2.40. The molecule has 0 unspecified atom stereocenters. The second-order valence-corrected chi connectivity index (χ2v) is 11.2. The summed E-state index contributed by atoms with van der Waals surface area (Å²) in [4.78, 5) is 25.2. The third-order valence-electron chi connectivity index (χ3n) is 7.20. The van der Waals surface area contributed by atoms with Crippen LogP contribution in [0.1, 0.15) is 68.9 Å². The number of hydrogen-bond donors (Lipinski definition) is 3. The number of amides is 2. The summed E-state index contributed by atoms with van der Waals surface area (Å²) in [6, 6.07) is 10.2. The van der Waals surface area contributed by atoms with Crippen LogP contribution < -0.4 is 16.4 Å². The number of primary amides is 1. The third kappa shape index (κ3) is 6.95. The number of alkyl halides is 6. The molecule has 0 bridgehead atoms. The van der Waals surface area contributed by atoms with Crippen molar-refractivity contribution in [1.29, 1.82) is 0 Å². The maximum atomic E-state index is 13.4. The first-order chi connectivity index (χ1) is 18.3. The molecule has 0 radical (unpaired) electrons. The third-order valence-corrected chi connectivity index (χ3v) is 7.20. The predicted octanol–water partition coefficient (Wildman–Crippen LogP) is 5.47. The van der Waals surface area contributed by atoms with Gasteiger partial charge < -0.3 is 21.1 Å². The number of halogens is 6. The number of carbonyl (C=O) groups is 2. The van der Waals surface area contributed by atoms with E-state index in [-0.39, 0.29) is 43.5 Å². The first-order valence-electron chi connectivity index (χ1n) is 12.6. The molecule has 3 atom stereocenters. The second kappa shape index (κ2) is 11.0. The molecule has 0 aromatic heterocycles. The Balaban J connectivity index is 1.91.